The van der Waals surface area contributed by atoms with Crippen molar-refractivity contribution >= 4 is 21.8 Å². The Bertz CT molecular complexity index is 2020. The summed E-state index contributed by atoms with van der Waals surface area (Å²) in [6.45, 7) is 0. The molecule has 4 nitrogen and oxygen atoms in total. The number of rotatable bonds is 1. The van der Waals surface area contributed by atoms with Gasteiger partial charge in [-0.3, -0.25) is 9.97 Å². The summed E-state index contributed by atoms with van der Waals surface area (Å²) in [4.78, 5) is 9.68. The van der Waals surface area contributed by atoms with E-state index in [2.05, 4.69) is 102 Å². The second-order valence-corrected chi connectivity index (χ2v) is 10.2. The molecule has 7 aromatic rings. The molecule has 0 N–H and O–H groups in total. The van der Waals surface area contributed by atoms with Crippen molar-refractivity contribution in [1.29, 1.82) is 0 Å². The van der Waals surface area contributed by atoms with Gasteiger partial charge in [0.25, 0.3) is 0 Å². The highest BCUT2D eigenvalue weighted by molar-refractivity contribution is 6.09. The maximum Gasteiger partial charge on any atom is 0.156 e. The van der Waals surface area contributed by atoms with Crippen LogP contribution in [0.1, 0.15) is 22.3 Å². The van der Waals surface area contributed by atoms with Gasteiger partial charge in [0.2, 0.25) is 0 Å². The topological polar surface area (TPSA) is 39.9 Å². The van der Waals surface area contributed by atoms with E-state index in [0.717, 1.165) is 61.9 Å². The van der Waals surface area contributed by atoms with Gasteiger partial charge in [-0.05, 0) is 47.5 Å². The van der Waals surface area contributed by atoms with Gasteiger partial charge in [0.15, 0.2) is 5.75 Å². The number of ether oxygens (including phenoxy) is 1. The predicted octanol–water partition coefficient (Wildman–Crippen LogP) is 8.04. The molecule has 4 heterocycles. The maximum absolute atomic E-state index is 6.89. The van der Waals surface area contributed by atoms with Crippen LogP contribution in [-0.2, 0) is 5.41 Å². The minimum absolute atomic E-state index is 0.591. The molecule has 0 atom stereocenters. The minimum atomic E-state index is -0.591. The summed E-state index contributed by atoms with van der Waals surface area (Å²) in [5, 5.41) is 2.45. The van der Waals surface area contributed by atoms with Crippen LogP contribution in [0, 0.1) is 0 Å². The molecule has 0 saturated carbocycles. The van der Waals surface area contributed by atoms with Gasteiger partial charge < -0.3 is 9.30 Å². The molecule has 1 aliphatic heterocycles. The fourth-order valence-corrected chi connectivity index (χ4v) is 6.92. The van der Waals surface area contributed by atoms with E-state index in [9.17, 15) is 0 Å². The van der Waals surface area contributed by atoms with Crippen LogP contribution in [0.5, 0.6) is 11.5 Å². The molecule has 39 heavy (non-hydrogen) atoms. The SMILES string of the molecule is c1ccc2c(c1)Oc1c(-n3c4ccccc4c4ccccc43)cccc1C21c2cccnc2-c2ncccc21. The fraction of sp³-hybridized carbons (Fsp3) is 0.0286. The number of nitrogens with zero attached hydrogens (tertiary/aromatic N) is 3. The molecule has 2 aliphatic rings. The smallest absolute Gasteiger partial charge is 0.156 e. The van der Waals surface area contributed by atoms with Crippen LogP contribution in [0.2, 0.25) is 0 Å². The van der Waals surface area contributed by atoms with E-state index in [1.165, 1.54) is 10.8 Å². The van der Waals surface area contributed by atoms with Crippen molar-refractivity contribution in [3.05, 3.63) is 150 Å². The lowest BCUT2D eigenvalue weighted by Crippen LogP contribution is -2.32. The van der Waals surface area contributed by atoms with E-state index >= 15 is 0 Å². The molecule has 9 rings (SSSR count). The highest BCUT2D eigenvalue weighted by Crippen LogP contribution is 2.62. The number of fused-ring (bicyclic) bond motifs is 12. The molecular formula is C35H21N3O. The maximum atomic E-state index is 6.89. The van der Waals surface area contributed by atoms with Gasteiger partial charge in [0, 0.05) is 34.3 Å². The third kappa shape index (κ3) is 2.49. The summed E-state index contributed by atoms with van der Waals surface area (Å²) >= 11 is 0. The molecule has 0 fully saturated rings. The number of pyridine rings is 2. The second-order valence-electron chi connectivity index (χ2n) is 10.2. The number of para-hydroxylation sites is 4. The fourth-order valence-electron chi connectivity index (χ4n) is 6.92. The molecular weight excluding hydrogens is 478 g/mol. The largest absolute Gasteiger partial charge is 0.454 e. The Morgan fingerprint density at radius 2 is 1.08 bits per heavy atom. The monoisotopic (exact) mass is 499 g/mol. The molecule has 182 valence electrons. The molecule has 4 heteroatoms. The highest BCUT2D eigenvalue weighted by Gasteiger charge is 2.52. The summed E-state index contributed by atoms with van der Waals surface area (Å²) in [5.41, 5.74) is 9.06. The average molecular weight is 500 g/mol. The Hall–Kier alpha value is -5.22. The lowest BCUT2D eigenvalue weighted by atomic mass is 9.66. The van der Waals surface area contributed by atoms with Crippen molar-refractivity contribution in [2.75, 3.05) is 0 Å². The van der Waals surface area contributed by atoms with Crippen LogP contribution < -0.4 is 4.74 Å². The van der Waals surface area contributed by atoms with Gasteiger partial charge in [-0.1, -0.05) is 78.9 Å². The zero-order chi connectivity index (χ0) is 25.6. The van der Waals surface area contributed by atoms with Crippen LogP contribution in [0.15, 0.2) is 128 Å². The van der Waals surface area contributed by atoms with Gasteiger partial charge >= 0.3 is 0 Å². The molecule has 0 saturated heterocycles. The van der Waals surface area contributed by atoms with Gasteiger partial charge in [0.05, 0.1) is 33.5 Å². The van der Waals surface area contributed by atoms with Crippen LogP contribution in [0.4, 0.5) is 0 Å². The van der Waals surface area contributed by atoms with Crippen molar-refractivity contribution in [2.24, 2.45) is 0 Å². The van der Waals surface area contributed by atoms with E-state index in [-0.39, 0.29) is 0 Å². The number of aromatic nitrogens is 3. The molecule has 1 aliphatic carbocycles. The minimum Gasteiger partial charge on any atom is -0.454 e. The van der Waals surface area contributed by atoms with Crippen LogP contribution in [0.25, 0.3) is 38.9 Å². The second kappa shape index (κ2) is 7.42. The first-order valence-electron chi connectivity index (χ1n) is 13.2. The van der Waals surface area contributed by atoms with Crippen molar-refractivity contribution < 1.29 is 4.74 Å². The summed E-state index contributed by atoms with van der Waals surface area (Å²) in [7, 11) is 0. The Labute approximate surface area is 224 Å². The third-order valence-corrected chi connectivity index (χ3v) is 8.37. The van der Waals surface area contributed by atoms with E-state index in [0.29, 0.717) is 0 Å². The molecule has 3 aromatic heterocycles. The Kier molecular flexibility index (Phi) is 3.96. The molecule has 0 radical (unpaired) electrons. The number of benzene rings is 4. The van der Waals surface area contributed by atoms with Crippen molar-refractivity contribution in [2.45, 2.75) is 5.41 Å². The van der Waals surface area contributed by atoms with Crippen LogP contribution >= 0.6 is 0 Å². The quantitative estimate of drug-likeness (QED) is 0.229. The van der Waals surface area contributed by atoms with E-state index in [1.54, 1.807) is 0 Å². The first kappa shape index (κ1) is 20.8. The van der Waals surface area contributed by atoms with Crippen LogP contribution in [0.3, 0.4) is 0 Å². The van der Waals surface area contributed by atoms with E-state index in [1.807, 2.05) is 30.6 Å². The lowest BCUT2D eigenvalue weighted by molar-refractivity contribution is 0.434. The summed E-state index contributed by atoms with van der Waals surface area (Å²) in [6, 6.07) is 40.6. The summed E-state index contributed by atoms with van der Waals surface area (Å²) in [5.74, 6) is 1.71. The highest BCUT2D eigenvalue weighted by atomic mass is 16.5. The first-order chi connectivity index (χ1) is 19.4. The summed E-state index contributed by atoms with van der Waals surface area (Å²) in [6.07, 6.45) is 3.72. The number of hydrogen-bond donors (Lipinski definition) is 0. The lowest BCUT2D eigenvalue weighted by Gasteiger charge is -2.39. The normalized spacial score (nSPS) is 14.1. The Morgan fingerprint density at radius 3 is 1.77 bits per heavy atom. The Balaban J connectivity index is 1.46. The van der Waals surface area contributed by atoms with Crippen molar-refractivity contribution in [3.63, 3.8) is 0 Å². The molecule has 0 amide bonds. The standard InChI is InChI=1S/C35H21N3O/c1-4-16-28-22(10-1)23-11-2-5-17-29(23)38(28)30-18-7-13-27-34(30)39-31-19-6-3-12-24(31)35(27)25-14-8-20-36-32(25)33-26(35)15-9-21-37-33/h1-21H. The Morgan fingerprint density at radius 1 is 0.513 bits per heavy atom. The third-order valence-electron chi connectivity index (χ3n) is 8.37. The van der Waals surface area contributed by atoms with Gasteiger partial charge in [-0.25, -0.2) is 0 Å². The number of hydrogen-bond acceptors (Lipinski definition) is 3. The van der Waals surface area contributed by atoms with Gasteiger partial charge in [-0.15, -0.1) is 0 Å². The average Bonchev–Trinajstić information content (AvgIpc) is 3.49. The van der Waals surface area contributed by atoms with E-state index in [4.69, 9.17) is 14.7 Å². The van der Waals surface area contributed by atoms with Gasteiger partial charge in [0.1, 0.15) is 5.75 Å². The first-order valence-corrected chi connectivity index (χ1v) is 13.2. The van der Waals surface area contributed by atoms with Crippen LogP contribution in [-0.4, -0.2) is 14.5 Å². The zero-order valence-corrected chi connectivity index (χ0v) is 20.9. The van der Waals surface area contributed by atoms with E-state index < -0.39 is 5.41 Å². The zero-order valence-electron chi connectivity index (χ0n) is 20.9. The molecule has 0 bridgehead atoms. The van der Waals surface area contributed by atoms with Crippen molar-refractivity contribution in [3.8, 4) is 28.6 Å². The molecule has 4 aromatic carbocycles. The molecule has 1 spiro atoms. The summed E-state index contributed by atoms with van der Waals surface area (Å²) < 4.78 is 9.23. The molecule has 0 unspecified atom stereocenters. The predicted molar refractivity (Wildman–Crippen MR) is 154 cm³/mol. The van der Waals surface area contributed by atoms with Crippen molar-refractivity contribution in [1.82, 2.24) is 14.5 Å². The van der Waals surface area contributed by atoms with Gasteiger partial charge in [-0.2, -0.15) is 0 Å².